The number of pyridine rings is 1. The van der Waals surface area contributed by atoms with E-state index in [0.717, 1.165) is 41.0 Å². The molecule has 49 heavy (non-hydrogen) atoms. The van der Waals surface area contributed by atoms with Gasteiger partial charge in [0.05, 0.1) is 11.9 Å². The Balaban J connectivity index is 0.00000541. The van der Waals surface area contributed by atoms with Crippen molar-refractivity contribution >= 4 is 41.7 Å². The summed E-state index contributed by atoms with van der Waals surface area (Å²) in [5, 5.41) is 7.91. The predicted molar refractivity (Wildman–Crippen MR) is 196 cm³/mol. The van der Waals surface area contributed by atoms with Crippen LogP contribution < -0.4 is 5.56 Å². The summed E-state index contributed by atoms with van der Waals surface area (Å²) >= 11 is 7.39. The zero-order chi connectivity index (χ0) is 34.0. The van der Waals surface area contributed by atoms with Gasteiger partial charge in [-0.25, -0.2) is 4.39 Å². The number of nitrogens with zero attached hydrogens (tertiary/aromatic N) is 6. The number of halogens is 3. The number of rotatable bonds is 15. The Hall–Kier alpha value is -4.03. The number of carbonyl (C=O) groups is 1. The van der Waals surface area contributed by atoms with Gasteiger partial charge in [-0.05, 0) is 60.1 Å². The molecule has 0 aliphatic heterocycles. The van der Waals surface area contributed by atoms with E-state index in [1.54, 1.807) is 41.5 Å². The highest BCUT2D eigenvalue weighted by atomic mass is 35.5. The minimum atomic E-state index is -0.362. The molecule has 3 heterocycles. The third kappa shape index (κ3) is 10.2. The maximum Gasteiger partial charge on any atom is 0.277 e. The highest BCUT2D eigenvalue weighted by Gasteiger charge is 2.21. The van der Waals surface area contributed by atoms with Gasteiger partial charge < -0.3 is 14.4 Å². The molecule has 5 rings (SSSR count). The number of H-pyrrole nitrogens is 1. The van der Waals surface area contributed by atoms with Gasteiger partial charge in [-0.1, -0.05) is 74.5 Å². The van der Waals surface area contributed by atoms with E-state index in [-0.39, 0.29) is 42.2 Å². The fourth-order valence-corrected chi connectivity index (χ4v) is 6.34. The molecular weight excluding hydrogens is 684 g/mol. The maximum atomic E-state index is 14.2. The van der Waals surface area contributed by atoms with Crippen molar-refractivity contribution in [2.75, 3.05) is 26.2 Å². The number of amides is 1. The van der Waals surface area contributed by atoms with E-state index < -0.39 is 0 Å². The molecule has 5 aromatic rings. The van der Waals surface area contributed by atoms with Crippen molar-refractivity contribution in [1.29, 1.82) is 0 Å². The minimum Gasteiger partial charge on any atom is -0.335 e. The Labute approximate surface area is 301 Å². The van der Waals surface area contributed by atoms with Crippen molar-refractivity contribution in [3.63, 3.8) is 0 Å². The summed E-state index contributed by atoms with van der Waals surface area (Å²) in [6, 6.07) is 17.7. The Morgan fingerprint density at radius 2 is 1.71 bits per heavy atom. The number of hydrogen-bond donors (Lipinski definition) is 1. The molecule has 0 saturated heterocycles. The van der Waals surface area contributed by atoms with Crippen molar-refractivity contribution in [3.05, 3.63) is 129 Å². The molecule has 2 aromatic carbocycles. The van der Waals surface area contributed by atoms with Crippen molar-refractivity contribution in [2.45, 2.75) is 50.7 Å². The smallest absolute Gasteiger partial charge is 0.277 e. The third-order valence-electron chi connectivity index (χ3n) is 8.33. The van der Waals surface area contributed by atoms with Crippen LogP contribution in [0.25, 0.3) is 11.3 Å². The average Bonchev–Trinajstić information content (AvgIpc) is 3.64. The van der Waals surface area contributed by atoms with Gasteiger partial charge in [0.25, 0.3) is 5.56 Å². The van der Waals surface area contributed by atoms with Crippen LogP contribution >= 0.6 is 35.8 Å². The Morgan fingerprint density at radius 1 is 1.00 bits per heavy atom. The van der Waals surface area contributed by atoms with Crippen molar-refractivity contribution in [2.24, 2.45) is 0 Å². The molecule has 9 nitrogen and oxygen atoms in total. The van der Waals surface area contributed by atoms with Crippen LogP contribution in [-0.4, -0.2) is 66.6 Å². The van der Waals surface area contributed by atoms with Crippen LogP contribution in [0.3, 0.4) is 0 Å². The lowest BCUT2D eigenvalue weighted by atomic mass is 9.98. The first-order valence-corrected chi connectivity index (χ1v) is 17.3. The van der Waals surface area contributed by atoms with E-state index in [1.165, 1.54) is 23.9 Å². The van der Waals surface area contributed by atoms with Crippen LogP contribution in [0.5, 0.6) is 0 Å². The van der Waals surface area contributed by atoms with E-state index in [9.17, 15) is 14.0 Å². The van der Waals surface area contributed by atoms with Gasteiger partial charge in [0.2, 0.25) is 5.91 Å². The standard InChI is InChI=1S/C36H39ClFN7O2S.ClH/c1-4-43(5-2)16-17-44(21-27-8-15-33(39-18-27)28-9-11-30(37)12-10-28)34(46)23-45-22-32(25(3)29-19-40-41-20-29)35(47)42-36(45)48-24-26-6-13-31(38)14-7-26;/h6-15,18-20,22,25H,4-5,16-17,21,23-24H2,1-3H3,(H,40,41);1H. The topological polar surface area (TPSA) is 100 Å². The van der Waals surface area contributed by atoms with Crippen LogP contribution in [0, 0.1) is 5.82 Å². The first kappa shape index (κ1) is 37.8. The Morgan fingerprint density at radius 3 is 2.35 bits per heavy atom. The highest BCUT2D eigenvalue weighted by molar-refractivity contribution is 7.98. The third-order valence-corrected chi connectivity index (χ3v) is 9.64. The number of nitrogens with one attached hydrogen (secondary N) is 1. The molecule has 1 atom stereocenters. The fraction of sp³-hybridized carbons (Fsp3) is 0.306. The molecule has 1 unspecified atom stereocenters. The molecule has 0 spiro atoms. The van der Waals surface area contributed by atoms with Crippen molar-refractivity contribution in [3.8, 4) is 11.3 Å². The summed E-state index contributed by atoms with van der Waals surface area (Å²) < 4.78 is 15.3. The lowest BCUT2D eigenvalue weighted by molar-refractivity contribution is -0.132. The van der Waals surface area contributed by atoms with Gasteiger partial charge in [-0.15, -0.1) is 12.4 Å². The van der Waals surface area contributed by atoms with Gasteiger partial charge in [0.1, 0.15) is 12.4 Å². The van der Waals surface area contributed by atoms with Crippen LogP contribution in [0.2, 0.25) is 5.02 Å². The monoisotopic (exact) mass is 723 g/mol. The van der Waals surface area contributed by atoms with Crippen LogP contribution in [0.1, 0.15) is 48.9 Å². The van der Waals surface area contributed by atoms with Crippen molar-refractivity contribution in [1.82, 2.24) is 34.5 Å². The summed E-state index contributed by atoms with van der Waals surface area (Å²) in [4.78, 5) is 40.7. The molecule has 13 heteroatoms. The van der Waals surface area contributed by atoms with Gasteiger partial charge in [0, 0.05) is 66.0 Å². The number of aromatic amines is 1. The number of hydrogen-bond acceptors (Lipinski definition) is 7. The second kappa shape index (κ2) is 18.1. The summed E-state index contributed by atoms with van der Waals surface area (Å²) in [7, 11) is 0. The average molecular weight is 725 g/mol. The zero-order valence-corrected chi connectivity index (χ0v) is 30.1. The van der Waals surface area contributed by atoms with Crippen molar-refractivity contribution < 1.29 is 9.18 Å². The molecule has 0 aliphatic carbocycles. The molecule has 1 N–H and O–H groups in total. The summed E-state index contributed by atoms with van der Waals surface area (Å²) in [5.74, 6) is -0.263. The number of aromatic nitrogens is 5. The Kier molecular flexibility index (Phi) is 14.0. The molecule has 1 amide bonds. The Bertz CT molecular complexity index is 1830. The highest BCUT2D eigenvalue weighted by Crippen LogP contribution is 2.25. The number of carbonyl (C=O) groups excluding carboxylic acids is 1. The van der Waals surface area contributed by atoms with Crippen LogP contribution in [-0.2, 0) is 23.6 Å². The summed E-state index contributed by atoms with van der Waals surface area (Å²) in [6.45, 7) is 9.46. The number of thioether (sulfide) groups is 1. The molecule has 0 saturated carbocycles. The molecule has 0 fully saturated rings. The first-order chi connectivity index (χ1) is 23.2. The van der Waals surface area contributed by atoms with E-state index in [4.69, 9.17) is 11.6 Å². The SMILES string of the molecule is CCN(CC)CCN(Cc1ccc(-c2ccc(Cl)cc2)nc1)C(=O)Cn1cc(C(C)c2cn[nH]c2)c(=O)nc1SCc1ccc(F)cc1.Cl. The number of benzene rings is 2. The molecule has 0 radical (unpaired) electrons. The van der Waals surface area contributed by atoms with E-state index >= 15 is 0 Å². The molecule has 0 bridgehead atoms. The van der Waals surface area contributed by atoms with E-state index in [1.807, 2.05) is 48.2 Å². The molecular formula is C36H40Cl2FN7O2S. The number of likely N-dealkylation sites (N-methyl/N-ethyl adjacent to an activating group) is 1. The quantitative estimate of drug-likeness (QED) is 0.0913. The molecule has 0 aliphatic rings. The molecule has 3 aromatic heterocycles. The predicted octanol–water partition coefficient (Wildman–Crippen LogP) is 7.06. The fourth-order valence-electron chi connectivity index (χ4n) is 5.29. The van der Waals surface area contributed by atoms with E-state index in [2.05, 4.69) is 38.9 Å². The van der Waals surface area contributed by atoms with E-state index in [0.29, 0.717) is 41.1 Å². The van der Waals surface area contributed by atoms with Gasteiger partial charge in [-0.3, -0.25) is 19.7 Å². The minimum absolute atomic E-state index is 0. The summed E-state index contributed by atoms with van der Waals surface area (Å²) in [6.07, 6.45) is 6.97. The van der Waals surface area contributed by atoms with Crippen LogP contribution in [0.15, 0.2) is 95.4 Å². The first-order valence-electron chi connectivity index (χ1n) is 15.9. The second-order valence-electron chi connectivity index (χ2n) is 11.5. The van der Waals surface area contributed by atoms with Gasteiger partial charge >= 0.3 is 0 Å². The molecule has 258 valence electrons. The maximum absolute atomic E-state index is 14.2. The largest absolute Gasteiger partial charge is 0.335 e. The zero-order valence-electron chi connectivity index (χ0n) is 27.7. The van der Waals surface area contributed by atoms with Gasteiger partial charge in [0.15, 0.2) is 5.16 Å². The lowest BCUT2D eigenvalue weighted by Gasteiger charge is -2.27. The van der Waals surface area contributed by atoms with Crippen LogP contribution in [0.4, 0.5) is 4.39 Å². The summed E-state index contributed by atoms with van der Waals surface area (Å²) in [5.41, 5.74) is 4.49. The van der Waals surface area contributed by atoms with Gasteiger partial charge in [-0.2, -0.15) is 10.1 Å². The lowest BCUT2D eigenvalue weighted by Crippen LogP contribution is -2.40. The normalized spacial score (nSPS) is 11.7. The second-order valence-corrected chi connectivity index (χ2v) is 12.9.